The van der Waals surface area contributed by atoms with Crippen LogP contribution in [0.4, 0.5) is 5.13 Å². The van der Waals surface area contributed by atoms with E-state index in [1.54, 1.807) is 22.7 Å². The minimum atomic E-state index is -0.0928. The Morgan fingerprint density at radius 2 is 1.92 bits per heavy atom. The standard InChI is InChI=1S/C18H13N3OS3/c22-16(21-18-20-11-5-3-7-13(11)25-18)14-8-9-15(23-14)17-19-10-4-1-2-6-12(10)24-17/h1-2,4,6,8-9H,3,5,7H2,(H,20,21,22). The molecule has 0 unspecified atom stereocenters. The van der Waals surface area contributed by atoms with Crippen LogP contribution < -0.4 is 5.32 Å². The first-order valence-electron chi connectivity index (χ1n) is 8.02. The number of hydrogen-bond donors (Lipinski definition) is 1. The van der Waals surface area contributed by atoms with Gasteiger partial charge < -0.3 is 0 Å². The number of nitrogens with one attached hydrogen (secondary N) is 1. The first kappa shape index (κ1) is 15.2. The van der Waals surface area contributed by atoms with E-state index in [9.17, 15) is 4.79 Å². The molecule has 0 aliphatic heterocycles. The molecule has 0 atom stereocenters. The molecule has 124 valence electrons. The zero-order valence-electron chi connectivity index (χ0n) is 13.1. The molecule has 3 heterocycles. The summed E-state index contributed by atoms with van der Waals surface area (Å²) in [5.41, 5.74) is 2.15. The average molecular weight is 384 g/mol. The first-order valence-corrected chi connectivity index (χ1v) is 10.5. The maximum absolute atomic E-state index is 12.5. The van der Waals surface area contributed by atoms with Gasteiger partial charge in [-0.25, -0.2) is 9.97 Å². The molecule has 1 aliphatic rings. The number of thiazole rings is 2. The summed E-state index contributed by atoms with van der Waals surface area (Å²) in [5.74, 6) is -0.0928. The van der Waals surface area contributed by atoms with Crippen molar-refractivity contribution in [3.63, 3.8) is 0 Å². The summed E-state index contributed by atoms with van der Waals surface area (Å²) in [6.07, 6.45) is 3.30. The molecule has 0 fully saturated rings. The quantitative estimate of drug-likeness (QED) is 0.527. The number of benzene rings is 1. The number of hydrogen-bond acceptors (Lipinski definition) is 6. The smallest absolute Gasteiger partial charge is 0.267 e. The third-order valence-corrected chi connectivity index (χ3v) is 7.51. The van der Waals surface area contributed by atoms with Crippen molar-refractivity contribution in [1.82, 2.24) is 9.97 Å². The minimum absolute atomic E-state index is 0.0928. The Morgan fingerprint density at radius 1 is 1.00 bits per heavy atom. The summed E-state index contributed by atoms with van der Waals surface area (Å²) >= 11 is 4.73. The van der Waals surface area contributed by atoms with Gasteiger partial charge in [0.15, 0.2) is 5.13 Å². The van der Waals surface area contributed by atoms with Crippen LogP contribution in [0.3, 0.4) is 0 Å². The molecule has 3 aromatic heterocycles. The van der Waals surface area contributed by atoms with Gasteiger partial charge in [-0.3, -0.25) is 10.1 Å². The molecule has 7 heteroatoms. The maximum atomic E-state index is 12.5. The van der Waals surface area contributed by atoms with Gasteiger partial charge in [-0.05, 0) is 43.5 Å². The largest absolute Gasteiger partial charge is 0.297 e. The van der Waals surface area contributed by atoms with Gasteiger partial charge in [-0.1, -0.05) is 12.1 Å². The predicted octanol–water partition coefficient (Wildman–Crippen LogP) is 5.22. The molecule has 1 aromatic carbocycles. The zero-order chi connectivity index (χ0) is 16.8. The van der Waals surface area contributed by atoms with Crippen LogP contribution in [0.5, 0.6) is 0 Å². The number of carbonyl (C=O) groups is 1. The first-order chi connectivity index (χ1) is 12.3. The average Bonchev–Trinajstić information content (AvgIpc) is 3.36. The van der Waals surface area contributed by atoms with Gasteiger partial charge in [0.2, 0.25) is 0 Å². The predicted molar refractivity (Wildman–Crippen MR) is 105 cm³/mol. The van der Waals surface area contributed by atoms with E-state index in [1.807, 2.05) is 30.3 Å². The maximum Gasteiger partial charge on any atom is 0.267 e. The van der Waals surface area contributed by atoms with Crippen molar-refractivity contribution in [2.24, 2.45) is 0 Å². The number of aromatic nitrogens is 2. The van der Waals surface area contributed by atoms with Crippen molar-refractivity contribution < 1.29 is 4.79 Å². The number of fused-ring (bicyclic) bond motifs is 2. The fourth-order valence-corrected chi connectivity index (χ4v) is 5.92. The van der Waals surface area contributed by atoms with Crippen molar-refractivity contribution in [1.29, 1.82) is 0 Å². The molecule has 4 nitrogen and oxygen atoms in total. The van der Waals surface area contributed by atoms with Crippen LogP contribution in [0.25, 0.3) is 20.1 Å². The molecule has 4 aromatic rings. The van der Waals surface area contributed by atoms with Gasteiger partial charge in [0, 0.05) is 4.88 Å². The highest BCUT2D eigenvalue weighted by Crippen LogP contribution is 2.35. The molecule has 25 heavy (non-hydrogen) atoms. The molecular formula is C18H13N3OS3. The van der Waals surface area contributed by atoms with Crippen LogP contribution >= 0.6 is 34.0 Å². The molecule has 0 saturated carbocycles. The van der Waals surface area contributed by atoms with Gasteiger partial charge >= 0.3 is 0 Å². The summed E-state index contributed by atoms with van der Waals surface area (Å²) in [7, 11) is 0. The molecule has 0 bridgehead atoms. The van der Waals surface area contributed by atoms with Gasteiger partial charge in [0.1, 0.15) is 5.01 Å². The Labute approximate surface area is 156 Å². The molecule has 1 amide bonds. The number of thiophene rings is 1. The SMILES string of the molecule is O=C(Nc1nc2c(s1)CCC2)c1ccc(-c2nc3ccccc3s2)s1. The highest BCUT2D eigenvalue weighted by atomic mass is 32.1. The lowest BCUT2D eigenvalue weighted by molar-refractivity contribution is 0.103. The van der Waals surface area contributed by atoms with Gasteiger partial charge in [0.25, 0.3) is 5.91 Å². The zero-order valence-corrected chi connectivity index (χ0v) is 15.6. The van der Waals surface area contributed by atoms with Crippen LogP contribution in [-0.4, -0.2) is 15.9 Å². The fraction of sp³-hybridized carbons (Fsp3) is 0.167. The van der Waals surface area contributed by atoms with E-state index in [0.717, 1.165) is 38.6 Å². The second-order valence-corrected chi connectivity index (χ2v) is 9.05. The lowest BCUT2D eigenvalue weighted by Crippen LogP contribution is -2.09. The normalized spacial score (nSPS) is 13.3. The molecule has 5 rings (SSSR count). The topological polar surface area (TPSA) is 54.9 Å². The van der Waals surface area contributed by atoms with Gasteiger partial charge in [0.05, 0.1) is 25.7 Å². The number of aryl methyl sites for hydroxylation is 2. The van der Waals surface area contributed by atoms with Crippen molar-refractivity contribution in [3.05, 3.63) is 51.8 Å². The Hall–Kier alpha value is -2.09. The summed E-state index contributed by atoms with van der Waals surface area (Å²) < 4.78 is 1.16. The Balaban J connectivity index is 1.38. The van der Waals surface area contributed by atoms with E-state index in [1.165, 1.54) is 22.6 Å². The number of carbonyl (C=O) groups excluding carboxylic acids is 1. The van der Waals surface area contributed by atoms with Crippen LogP contribution in [0, 0.1) is 0 Å². The monoisotopic (exact) mass is 383 g/mol. The van der Waals surface area contributed by atoms with E-state index >= 15 is 0 Å². The Bertz CT molecular complexity index is 1040. The fourth-order valence-electron chi connectivity index (χ4n) is 2.96. The lowest BCUT2D eigenvalue weighted by atomic mass is 10.3. The van der Waals surface area contributed by atoms with Crippen molar-refractivity contribution in [2.45, 2.75) is 19.3 Å². The van der Waals surface area contributed by atoms with E-state index in [2.05, 4.69) is 21.4 Å². The number of amides is 1. The number of para-hydroxylation sites is 1. The van der Waals surface area contributed by atoms with E-state index in [4.69, 9.17) is 0 Å². The van der Waals surface area contributed by atoms with E-state index in [-0.39, 0.29) is 5.91 Å². The molecule has 1 N–H and O–H groups in total. The van der Waals surface area contributed by atoms with Crippen LogP contribution in [-0.2, 0) is 12.8 Å². The summed E-state index contributed by atoms with van der Waals surface area (Å²) in [4.78, 5) is 24.7. The van der Waals surface area contributed by atoms with Crippen LogP contribution in [0.1, 0.15) is 26.7 Å². The third-order valence-electron chi connectivity index (χ3n) is 4.15. The Kier molecular flexibility index (Phi) is 3.65. The van der Waals surface area contributed by atoms with Gasteiger partial charge in [-0.2, -0.15) is 0 Å². The van der Waals surface area contributed by atoms with Crippen LogP contribution in [0.2, 0.25) is 0 Å². The highest BCUT2D eigenvalue weighted by molar-refractivity contribution is 7.26. The second kappa shape index (κ2) is 6.01. The Morgan fingerprint density at radius 3 is 2.80 bits per heavy atom. The van der Waals surface area contributed by atoms with Crippen molar-refractivity contribution in [2.75, 3.05) is 5.32 Å². The molecule has 0 saturated heterocycles. The summed E-state index contributed by atoms with van der Waals surface area (Å²) in [6.45, 7) is 0. The minimum Gasteiger partial charge on any atom is -0.297 e. The van der Waals surface area contributed by atoms with Gasteiger partial charge in [-0.15, -0.1) is 34.0 Å². The number of anilines is 1. The molecule has 1 aliphatic carbocycles. The van der Waals surface area contributed by atoms with E-state index in [0.29, 0.717) is 10.0 Å². The lowest BCUT2D eigenvalue weighted by Gasteiger charge is -1.98. The number of nitrogens with zero attached hydrogens (tertiary/aromatic N) is 2. The summed E-state index contributed by atoms with van der Waals surface area (Å²) in [6, 6.07) is 11.9. The third kappa shape index (κ3) is 2.78. The van der Waals surface area contributed by atoms with Crippen molar-refractivity contribution in [3.8, 4) is 9.88 Å². The molecule has 0 spiro atoms. The van der Waals surface area contributed by atoms with Crippen LogP contribution in [0.15, 0.2) is 36.4 Å². The van der Waals surface area contributed by atoms with Crippen molar-refractivity contribution >= 4 is 55.3 Å². The highest BCUT2D eigenvalue weighted by Gasteiger charge is 2.19. The molecule has 0 radical (unpaired) electrons. The van der Waals surface area contributed by atoms with E-state index < -0.39 is 0 Å². The summed E-state index contributed by atoms with van der Waals surface area (Å²) in [5, 5.41) is 4.61. The number of rotatable bonds is 3. The molecular weight excluding hydrogens is 370 g/mol. The second-order valence-electron chi connectivity index (χ2n) is 5.85.